The van der Waals surface area contributed by atoms with Crippen LogP contribution in [0.2, 0.25) is 0 Å². The fourth-order valence-corrected chi connectivity index (χ4v) is 2.84. The lowest BCUT2D eigenvalue weighted by Crippen LogP contribution is -2.34. The van der Waals surface area contributed by atoms with Crippen LogP contribution < -0.4 is 0 Å². The summed E-state index contributed by atoms with van der Waals surface area (Å²) >= 11 is 0. The maximum Gasteiger partial charge on any atom is 0.394 e. The maximum absolute atomic E-state index is 13.1. The maximum atomic E-state index is 13.1. The van der Waals surface area contributed by atoms with Crippen molar-refractivity contribution in [1.82, 2.24) is 0 Å². The van der Waals surface area contributed by atoms with E-state index in [0.29, 0.717) is 5.92 Å². The molecule has 0 saturated carbocycles. The van der Waals surface area contributed by atoms with E-state index in [1.165, 1.54) is 19.4 Å². The normalized spacial score (nSPS) is 12.7. The van der Waals surface area contributed by atoms with Gasteiger partial charge < -0.3 is 0 Å². The van der Waals surface area contributed by atoms with E-state index in [-0.39, 0.29) is 6.42 Å². The van der Waals surface area contributed by atoms with Crippen molar-refractivity contribution < 1.29 is 13.2 Å². The summed E-state index contributed by atoms with van der Waals surface area (Å²) in [5.41, 5.74) is 3.45. The molecule has 3 heteroatoms. The second-order valence-electron chi connectivity index (χ2n) is 7.49. The summed E-state index contributed by atoms with van der Waals surface area (Å²) in [5, 5.41) is 0. The predicted molar refractivity (Wildman–Crippen MR) is 94.2 cm³/mol. The van der Waals surface area contributed by atoms with Gasteiger partial charge in [-0.05, 0) is 47.1 Å². The molecule has 2 aromatic rings. The van der Waals surface area contributed by atoms with Gasteiger partial charge in [-0.15, -0.1) is 0 Å². The van der Waals surface area contributed by atoms with Crippen molar-refractivity contribution in [2.45, 2.75) is 53.1 Å². The molecule has 0 spiro atoms. The zero-order valence-electron chi connectivity index (χ0n) is 15.0. The van der Waals surface area contributed by atoms with Crippen molar-refractivity contribution in [3.05, 3.63) is 59.2 Å². The molecule has 0 nitrogen and oxygen atoms in total. The van der Waals surface area contributed by atoms with Crippen LogP contribution in [0.4, 0.5) is 13.2 Å². The van der Waals surface area contributed by atoms with Crippen molar-refractivity contribution in [2.24, 2.45) is 5.41 Å². The molecule has 2 aromatic carbocycles. The van der Waals surface area contributed by atoms with Crippen molar-refractivity contribution in [1.29, 1.82) is 0 Å². The zero-order chi connectivity index (χ0) is 18.1. The van der Waals surface area contributed by atoms with E-state index in [1.807, 2.05) is 37.3 Å². The van der Waals surface area contributed by atoms with Crippen LogP contribution in [0.5, 0.6) is 0 Å². The van der Waals surface area contributed by atoms with E-state index < -0.39 is 11.6 Å². The molecule has 0 amide bonds. The lowest BCUT2D eigenvalue weighted by molar-refractivity contribution is -0.211. The molecule has 0 fully saturated rings. The van der Waals surface area contributed by atoms with Gasteiger partial charge in [-0.25, -0.2) is 0 Å². The average molecular weight is 334 g/mol. The second-order valence-corrected chi connectivity index (χ2v) is 7.49. The highest BCUT2D eigenvalue weighted by Crippen LogP contribution is 2.40. The first-order valence-electron chi connectivity index (χ1n) is 8.28. The molecule has 2 rings (SSSR count). The van der Waals surface area contributed by atoms with Gasteiger partial charge in [0.1, 0.15) is 0 Å². The first-order valence-corrected chi connectivity index (χ1v) is 8.28. The summed E-state index contributed by atoms with van der Waals surface area (Å²) in [7, 11) is 0. The van der Waals surface area contributed by atoms with E-state index >= 15 is 0 Å². The number of aryl methyl sites for hydroxylation is 1. The molecule has 0 aromatic heterocycles. The van der Waals surface area contributed by atoms with Gasteiger partial charge >= 0.3 is 6.18 Å². The predicted octanol–water partition coefficient (Wildman–Crippen LogP) is 6.92. The van der Waals surface area contributed by atoms with Crippen molar-refractivity contribution >= 4 is 0 Å². The van der Waals surface area contributed by atoms with Crippen LogP contribution in [-0.2, 0) is 6.42 Å². The Balaban J connectivity index is 2.32. The fraction of sp³-hybridized carbons (Fsp3) is 0.429. The molecule has 130 valence electrons. The third-order valence-electron chi connectivity index (χ3n) is 4.57. The van der Waals surface area contributed by atoms with Crippen LogP contribution in [0.25, 0.3) is 11.1 Å². The van der Waals surface area contributed by atoms with E-state index in [4.69, 9.17) is 0 Å². The minimum atomic E-state index is -4.20. The van der Waals surface area contributed by atoms with Crippen LogP contribution in [0.1, 0.15) is 50.3 Å². The minimum absolute atomic E-state index is 0.0103. The van der Waals surface area contributed by atoms with Crippen molar-refractivity contribution in [2.75, 3.05) is 0 Å². The van der Waals surface area contributed by atoms with E-state index in [0.717, 1.165) is 22.3 Å². The van der Waals surface area contributed by atoms with Crippen LogP contribution in [0, 0.1) is 12.3 Å². The topological polar surface area (TPSA) is 0 Å². The molecule has 0 atom stereocenters. The van der Waals surface area contributed by atoms with Crippen LogP contribution >= 0.6 is 0 Å². The lowest BCUT2D eigenvalue weighted by atomic mass is 9.84. The third-order valence-corrected chi connectivity index (χ3v) is 4.57. The van der Waals surface area contributed by atoms with E-state index in [9.17, 15) is 13.2 Å². The Hall–Kier alpha value is -1.77. The van der Waals surface area contributed by atoms with Crippen LogP contribution in [-0.4, -0.2) is 6.18 Å². The molecule has 0 aliphatic rings. The van der Waals surface area contributed by atoms with Crippen molar-refractivity contribution in [3.8, 4) is 11.1 Å². The van der Waals surface area contributed by atoms with Crippen LogP contribution in [0.3, 0.4) is 0 Å². The summed E-state index contributed by atoms with van der Waals surface area (Å²) in [4.78, 5) is 0. The molecule has 0 bridgehead atoms. The summed E-state index contributed by atoms with van der Waals surface area (Å²) in [6.07, 6.45) is -4.21. The molecule has 0 unspecified atom stereocenters. The Morgan fingerprint density at radius 2 is 1.62 bits per heavy atom. The van der Waals surface area contributed by atoms with Crippen molar-refractivity contribution in [3.63, 3.8) is 0 Å². The quantitative estimate of drug-likeness (QED) is 0.569. The second kappa shape index (κ2) is 6.62. The molecule has 0 N–H and O–H groups in total. The Morgan fingerprint density at radius 3 is 2.17 bits per heavy atom. The summed E-state index contributed by atoms with van der Waals surface area (Å²) in [6, 6.07) is 14.0. The standard InChI is InChI=1S/C21H25F3/c1-14(2)17-7-6-8-18(12-17)19-10-9-16(11-15(19)3)13-20(4,5)21(22,23)24/h6-12,14H,13H2,1-5H3. The number of hydrogen-bond acceptors (Lipinski definition) is 0. The Labute approximate surface area is 142 Å². The Bertz CT molecular complexity index is 709. The average Bonchev–Trinajstić information content (AvgIpc) is 2.46. The van der Waals surface area contributed by atoms with Gasteiger partial charge in [-0.1, -0.05) is 70.2 Å². The van der Waals surface area contributed by atoms with E-state index in [2.05, 4.69) is 26.0 Å². The zero-order valence-corrected chi connectivity index (χ0v) is 15.0. The highest BCUT2D eigenvalue weighted by Gasteiger charge is 2.46. The monoisotopic (exact) mass is 334 g/mol. The van der Waals surface area contributed by atoms with Gasteiger partial charge in [0.05, 0.1) is 5.41 Å². The van der Waals surface area contributed by atoms with E-state index in [1.54, 1.807) is 0 Å². The fourth-order valence-electron chi connectivity index (χ4n) is 2.84. The molecule has 0 aliphatic carbocycles. The van der Waals surface area contributed by atoms with Gasteiger partial charge in [-0.3, -0.25) is 0 Å². The smallest absolute Gasteiger partial charge is 0.171 e. The highest BCUT2D eigenvalue weighted by atomic mass is 19.4. The SMILES string of the molecule is Cc1cc(CC(C)(C)C(F)(F)F)ccc1-c1cccc(C(C)C)c1. The van der Waals surface area contributed by atoms with Gasteiger partial charge in [0.25, 0.3) is 0 Å². The lowest BCUT2D eigenvalue weighted by Gasteiger charge is -2.28. The summed E-state index contributed by atoms with van der Waals surface area (Å²) in [5.74, 6) is 0.442. The number of rotatable bonds is 4. The third kappa shape index (κ3) is 4.00. The first-order chi connectivity index (χ1) is 11.0. The largest absolute Gasteiger partial charge is 0.394 e. The molecule has 0 radical (unpaired) electrons. The molecule has 0 aliphatic heterocycles. The van der Waals surface area contributed by atoms with Gasteiger partial charge in [0.2, 0.25) is 0 Å². The molecule has 24 heavy (non-hydrogen) atoms. The van der Waals surface area contributed by atoms with Gasteiger partial charge in [-0.2, -0.15) is 13.2 Å². The number of alkyl halides is 3. The molecular formula is C21H25F3. The van der Waals surface area contributed by atoms with Gasteiger partial charge in [0.15, 0.2) is 0 Å². The molecular weight excluding hydrogens is 309 g/mol. The van der Waals surface area contributed by atoms with Gasteiger partial charge in [0, 0.05) is 0 Å². The molecule has 0 heterocycles. The Kier molecular flexibility index (Phi) is 5.12. The minimum Gasteiger partial charge on any atom is -0.171 e. The van der Waals surface area contributed by atoms with Crippen LogP contribution in [0.15, 0.2) is 42.5 Å². The highest BCUT2D eigenvalue weighted by molar-refractivity contribution is 5.68. The summed E-state index contributed by atoms with van der Waals surface area (Å²) in [6.45, 7) is 8.76. The molecule has 0 saturated heterocycles. The Morgan fingerprint density at radius 1 is 0.958 bits per heavy atom. The first kappa shape index (κ1) is 18.6. The number of halogens is 3. The number of benzene rings is 2. The number of hydrogen-bond donors (Lipinski definition) is 0. The summed E-state index contributed by atoms with van der Waals surface area (Å²) < 4.78 is 39.3.